The topological polar surface area (TPSA) is 51.7 Å². The highest BCUT2D eigenvalue weighted by Crippen LogP contribution is 2.25. The number of hydrogen-bond acceptors (Lipinski definition) is 4. The Hall–Kier alpha value is -1.33. The van der Waals surface area contributed by atoms with Crippen molar-refractivity contribution in [1.82, 2.24) is 9.88 Å². The maximum Gasteiger partial charge on any atom is 0.255 e. The molecule has 1 aromatic rings. The molecule has 0 radical (unpaired) electrons. The van der Waals surface area contributed by atoms with Crippen LogP contribution in [0.15, 0.2) is 12.3 Å². The third kappa shape index (κ3) is 3.86. The Labute approximate surface area is 130 Å². The molecule has 1 aromatic heterocycles. The highest BCUT2D eigenvalue weighted by atomic mass is 35.5. The zero-order chi connectivity index (χ0) is 15.6. The summed E-state index contributed by atoms with van der Waals surface area (Å²) in [4.78, 5) is 18.5. The van der Waals surface area contributed by atoms with Gasteiger partial charge in [0, 0.05) is 12.7 Å². The van der Waals surface area contributed by atoms with Gasteiger partial charge in [-0.05, 0) is 33.8 Å². The van der Waals surface area contributed by atoms with Gasteiger partial charge in [0.15, 0.2) is 0 Å². The molecule has 6 heteroatoms. The Morgan fingerprint density at radius 2 is 2.24 bits per heavy atom. The van der Waals surface area contributed by atoms with Crippen molar-refractivity contribution >= 4 is 17.5 Å². The second-order valence-electron chi connectivity index (χ2n) is 5.63. The molecule has 0 N–H and O–H groups in total. The molecule has 1 aliphatic rings. The summed E-state index contributed by atoms with van der Waals surface area (Å²) < 4.78 is 11.0. The van der Waals surface area contributed by atoms with Crippen molar-refractivity contribution in [1.29, 1.82) is 0 Å². The maximum absolute atomic E-state index is 12.6. The quantitative estimate of drug-likeness (QED) is 0.861. The molecule has 2 atom stereocenters. The van der Waals surface area contributed by atoms with E-state index in [1.165, 1.54) is 6.20 Å². The molecule has 2 rings (SSSR count). The number of pyridine rings is 1. The van der Waals surface area contributed by atoms with Gasteiger partial charge in [-0.1, -0.05) is 11.6 Å². The van der Waals surface area contributed by atoms with E-state index in [2.05, 4.69) is 4.98 Å². The van der Waals surface area contributed by atoms with Gasteiger partial charge in [0.05, 0.1) is 30.4 Å². The molecule has 21 heavy (non-hydrogen) atoms. The number of nitrogens with zero attached hydrogens (tertiary/aromatic N) is 2. The van der Waals surface area contributed by atoms with Crippen molar-refractivity contribution in [3.63, 3.8) is 0 Å². The van der Waals surface area contributed by atoms with Crippen LogP contribution in [0.1, 0.15) is 38.1 Å². The highest BCUT2D eigenvalue weighted by molar-refractivity contribution is 6.32. The maximum atomic E-state index is 12.6. The van der Waals surface area contributed by atoms with E-state index in [9.17, 15) is 4.79 Å². The number of amides is 1. The average Bonchev–Trinajstić information content (AvgIpc) is 2.42. The summed E-state index contributed by atoms with van der Waals surface area (Å²) in [6.07, 6.45) is 1.53. The number of carbonyl (C=O) groups is 1. The van der Waals surface area contributed by atoms with Crippen LogP contribution in [0.2, 0.25) is 5.02 Å². The predicted molar refractivity (Wildman–Crippen MR) is 80.9 cm³/mol. The molecule has 116 valence electrons. The number of carbonyl (C=O) groups excluding carboxylic acids is 1. The largest absolute Gasteiger partial charge is 0.474 e. The first-order valence-electron chi connectivity index (χ1n) is 7.13. The third-order valence-corrected chi connectivity index (χ3v) is 3.54. The van der Waals surface area contributed by atoms with Crippen molar-refractivity contribution < 1.29 is 14.3 Å². The highest BCUT2D eigenvalue weighted by Gasteiger charge is 2.28. The van der Waals surface area contributed by atoms with Gasteiger partial charge < -0.3 is 14.4 Å². The van der Waals surface area contributed by atoms with Crippen LogP contribution in [-0.2, 0) is 4.74 Å². The molecule has 2 heterocycles. The number of rotatable bonds is 3. The summed E-state index contributed by atoms with van der Waals surface area (Å²) in [6, 6.07) is 1.65. The fraction of sp³-hybridized carbons (Fsp3) is 0.600. The van der Waals surface area contributed by atoms with Crippen molar-refractivity contribution in [2.75, 3.05) is 13.2 Å². The lowest BCUT2D eigenvalue weighted by Gasteiger charge is -2.36. The summed E-state index contributed by atoms with van der Waals surface area (Å²) in [5.41, 5.74) is 0.469. The summed E-state index contributed by atoms with van der Waals surface area (Å²) in [5.74, 6) is 0.273. The zero-order valence-corrected chi connectivity index (χ0v) is 13.6. The predicted octanol–water partition coefficient (Wildman–Crippen LogP) is 2.77. The lowest BCUT2D eigenvalue weighted by atomic mass is 10.1. The summed E-state index contributed by atoms with van der Waals surface area (Å²) >= 11 is 6.14. The molecule has 1 saturated heterocycles. The lowest BCUT2D eigenvalue weighted by Crippen LogP contribution is -2.50. The number of halogens is 1. The zero-order valence-electron chi connectivity index (χ0n) is 12.8. The van der Waals surface area contributed by atoms with E-state index in [0.717, 1.165) is 0 Å². The molecule has 0 bridgehead atoms. The number of hydrogen-bond donors (Lipinski definition) is 0. The van der Waals surface area contributed by atoms with Crippen LogP contribution >= 0.6 is 11.6 Å². The standard InChI is InChI=1S/C15H21ClN2O3/c1-9(2)21-14-13(16)5-12(6-17-14)15(19)18-7-11(4)20-8-10(18)3/h5-6,9-11H,7-8H2,1-4H3/t10-,11-/m0/s1. The molecule has 0 spiro atoms. The Kier molecular flexibility index (Phi) is 5.06. The number of aromatic nitrogens is 1. The molecular formula is C15H21ClN2O3. The fourth-order valence-electron chi connectivity index (χ4n) is 2.20. The van der Waals surface area contributed by atoms with E-state index in [-0.39, 0.29) is 24.2 Å². The molecule has 1 amide bonds. The molecule has 0 unspecified atom stereocenters. The molecule has 1 fully saturated rings. The van der Waals surface area contributed by atoms with Gasteiger partial charge in [0.25, 0.3) is 5.91 Å². The Morgan fingerprint density at radius 1 is 1.52 bits per heavy atom. The second-order valence-corrected chi connectivity index (χ2v) is 6.04. The van der Waals surface area contributed by atoms with E-state index in [1.807, 2.05) is 27.7 Å². The van der Waals surface area contributed by atoms with E-state index in [1.54, 1.807) is 11.0 Å². The molecular weight excluding hydrogens is 292 g/mol. The summed E-state index contributed by atoms with van der Waals surface area (Å²) in [7, 11) is 0. The Balaban J connectivity index is 2.17. The monoisotopic (exact) mass is 312 g/mol. The average molecular weight is 313 g/mol. The van der Waals surface area contributed by atoms with E-state index in [0.29, 0.717) is 29.6 Å². The minimum atomic E-state index is -0.0804. The van der Waals surface area contributed by atoms with E-state index < -0.39 is 0 Å². The second kappa shape index (κ2) is 6.62. The smallest absolute Gasteiger partial charge is 0.255 e. The van der Waals surface area contributed by atoms with Crippen LogP contribution in [0, 0.1) is 0 Å². The number of morpholine rings is 1. The van der Waals surface area contributed by atoms with E-state index in [4.69, 9.17) is 21.1 Å². The molecule has 1 aliphatic heterocycles. The van der Waals surface area contributed by atoms with Crippen LogP contribution in [0.3, 0.4) is 0 Å². The first kappa shape index (κ1) is 16.0. The van der Waals surface area contributed by atoms with Gasteiger partial charge in [0.2, 0.25) is 5.88 Å². The first-order chi connectivity index (χ1) is 9.88. The van der Waals surface area contributed by atoms with Gasteiger partial charge in [-0.25, -0.2) is 4.98 Å². The lowest BCUT2D eigenvalue weighted by molar-refractivity contribution is -0.0387. The normalized spacial score (nSPS) is 22.5. The van der Waals surface area contributed by atoms with Crippen LogP contribution in [0.4, 0.5) is 0 Å². The third-order valence-electron chi connectivity index (χ3n) is 3.27. The summed E-state index contributed by atoms with van der Waals surface area (Å²) in [5, 5.41) is 0.350. The van der Waals surface area contributed by atoms with Crippen LogP contribution < -0.4 is 4.74 Å². The molecule has 0 saturated carbocycles. The minimum Gasteiger partial charge on any atom is -0.474 e. The van der Waals surface area contributed by atoms with Crippen molar-refractivity contribution in [3.8, 4) is 5.88 Å². The molecule has 5 nitrogen and oxygen atoms in total. The van der Waals surface area contributed by atoms with E-state index >= 15 is 0 Å². The number of ether oxygens (including phenoxy) is 2. The molecule has 0 aromatic carbocycles. The van der Waals surface area contributed by atoms with Crippen LogP contribution in [-0.4, -0.2) is 47.2 Å². The first-order valence-corrected chi connectivity index (χ1v) is 7.51. The summed E-state index contributed by atoms with van der Waals surface area (Å²) in [6.45, 7) is 8.83. The van der Waals surface area contributed by atoms with Crippen molar-refractivity contribution in [2.24, 2.45) is 0 Å². The Morgan fingerprint density at radius 3 is 2.86 bits per heavy atom. The molecule has 0 aliphatic carbocycles. The van der Waals surface area contributed by atoms with Crippen LogP contribution in [0.25, 0.3) is 0 Å². The Bertz CT molecular complexity index is 522. The van der Waals surface area contributed by atoms with Gasteiger partial charge in [-0.3, -0.25) is 4.79 Å². The van der Waals surface area contributed by atoms with Crippen molar-refractivity contribution in [2.45, 2.75) is 45.9 Å². The minimum absolute atomic E-state index is 0.0170. The van der Waals surface area contributed by atoms with Gasteiger partial charge in [-0.2, -0.15) is 0 Å². The van der Waals surface area contributed by atoms with Gasteiger partial charge in [0.1, 0.15) is 5.02 Å². The van der Waals surface area contributed by atoms with Gasteiger partial charge in [-0.15, -0.1) is 0 Å². The van der Waals surface area contributed by atoms with Crippen LogP contribution in [0.5, 0.6) is 5.88 Å². The van der Waals surface area contributed by atoms with Crippen molar-refractivity contribution in [3.05, 3.63) is 22.8 Å². The SMILES string of the molecule is CC(C)Oc1ncc(C(=O)N2C[C@H](C)OC[C@@H]2C)cc1Cl. The fourth-order valence-corrected chi connectivity index (χ4v) is 2.42. The van der Waals surface area contributed by atoms with Gasteiger partial charge >= 0.3 is 0 Å².